The molecule has 0 aromatic carbocycles. The molecule has 0 aromatic rings. The molecule has 3 atom stereocenters. The van der Waals surface area contributed by atoms with Gasteiger partial charge in [0.15, 0.2) is 6.29 Å². The number of rotatable bonds is 2. The van der Waals surface area contributed by atoms with Crippen LogP contribution in [0.4, 0.5) is 0 Å². The van der Waals surface area contributed by atoms with Crippen LogP contribution in [-0.4, -0.2) is 31.6 Å². The van der Waals surface area contributed by atoms with E-state index in [2.05, 4.69) is 19.2 Å². The molecule has 3 unspecified atom stereocenters. The van der Waals surface area contributed by atoms with Crippen molar-refractivity contribution in [1.29, 1.82) is 0 Å². The van der Waals surface area contributed by atoms with Gasteiger partial charge in [0.1, 0.15) is 0 Å². The minimum Gasteiger partial charge on any atom is -0.347 e. The molecule has 3 nitrogen and oxygen atoms in total. The summed E-state index contributed by atoms with van der Waals surface area (Å²) in [7, 11) is 0. The van der Waals surface area contributed by atoms with Gasteiger partial charge in [-0.15, -0.1) is 0 Å². The fourth-order valence-corrected chi connectivity index (χ4v) is 2.02. The number of hydrogen-bond acceptors (Lipinski definition) is 3. The predicted octanol–water partition coefficient (Wildman–Crippen LogP) is 1.14. The SMILES string of the molecule is CC(C)CC1OC2CCNCC2O1. The first-order chi connectivity index (χ1) is 6.25. The zero-order chi connectivity index (χ0) is 9.26. The zero-order valence-electron chi connectivity index (χ0n) is 8.45. The van der Waals surface area contributed by atoms with E-state index in [9.17, 15) is 0 Å². The molecule has 2 saturated heterocycles. The second-order valence-corrected chi connectivity index (χ2v) is 4.40. The maximum atomic E-state index is 5.81. The fourth-order valence-electron chi connectivity index (χ4n) is 2.02. The molecule has 0 saturated carbocycles. The van der Waals surface area contributed by atoms with Crippen LogP contribution >= 0.6 is 0 Å². The van der Waals surface area contributed by atoms with Gasteiger partial charge in [0, 0.05) is 13.0 Å². The molecule has 0 aliphatic carbocycles. The van der Waals surface area contributed by atoms with Crippen molar-refractivity contribution in [3.8, 4) is 0 Å². The van der Waals surface area contributed by atoms with Crippen LogP contribution in [-0.2, 0) is 9.47 Å². The second kappa shape index (κ2) is 3.95. The third-order valence-corrected chi connectivity index (χ3v) is 2.68. The van der Waals surface area contributed by atoms with Crippen LogP contribution in [0.25, 0.3) is 0 Å². The molecule has 0 aromatic heterocycles. The summed E-state index contributed by atoms with van der Waals surface area (Å²) in [4.78, 5) is 0. The maximum absolute atomic E-state index is 5.81. The van der Waals surface area contributed by atoms with E-state index in [1.165, 1.54) is 0 Å². The molecule has 0 radical (unpaired) electrons. The van der Waals surface area contributed by atoms with Crippen molar-refractivity contribution in [1.82, 2.24) is 5.32 Å². The highest BCUT2D eigenvalue weighted by molar-refractivity contribution is 4.84. The van der Waals surface area contributed by atoms with Gasteiger partial charge in [0.05, 0.1) is 12.2 Å². The Hall–Kier alpha value is -0.120. The van der Waals surface area contributed by atoms with Crippen molar-refractivity contribution >= 4 is 0 Å². The van der Waals surface area contributed by atoms with Crippen molar-refractivity contribution < 1.29 is 9.47 Å². The Balaban J connectivity index is 1.84. The van der Waals surface area contributed by atoms with Crippen molar-refractivity contribution in [3.05, 3.63) is 0 Å². The van der Waals surface area contributed by atoms with E-state index in [4.69, 9.17) is 9.47 Å². The third-order valence-electron chi connectivity index (χ3n) is 2.68. The van der Waals surface area contributed by atoms with Gasteiger partial charge in [-0.3, -0.25) is 0 Å². The summed E-state index contributed by atoms with van der Waals surface area (Å²) >= 11 is 0. The Morgan fingerprint density at radius 1 is 1.31 bits per heavy atom. The van der Waals surface area contributed by atoms with Gasteiger partial charge < -0.3 is 14.8 Å². The van der Waals surface area contributed by atoms with E-state index in [-0.39, 0.29) is 6.29 Å². The number of hydrogen-bond donors (Lipinski definition) is 1. The molecule has 2 heterocycles. The molecule has 0 spiro atoms. The topological polar surface area (TPSA) is 30.5 Å². The van der Waals surface area contributed by atoms with E-state index in [1.54, 1.807) is 0 Å². The lowest BCUT2D eigenvalue weighted by Crippen LogP contribution is -2.41. The second-order valence-electron chi connectivity index (χ2n) is 4.40. The molecule has 0 bridgehead atoms. The summed E-state index contributed by atoms with van der Waals surface area (Å²) in [5.41, 5.74) is 0. The molecule has 2 fully saturated rings. The van der Waals surface area contributed by atoms with Gasteiger partial charge >= 0.3 is 0 Å². The summed E-state index contributed by atoms with van der Waals surface area (Å²) in [5.74, 6) is 0.651. The van der Waals surface area contributed by atoms with Crippen molar-refractivity contribution in [2.45, 2.75) is 45.2 Å². The summed E-state index contributed by atoms with van der Waals surface area (Å²) in [6, 6.07) is 0. The first kappa shape index (κ1) is 9.44. The molecule has 3 heteroatoms. The number of nitrogens with one attached hydrogen (secondary N) is 1. The molecule has 1 N–H and O–H groups in total. The van der Waals surface area contributed by atoms with E-state index in [0.29, 0.717) is 18.1 Å². The van der Waals surface area contributed by atoms with Gasteiger partial charge in [-0.05, 0) is 18.9 Å². The highest BCUT2D eigenvalue weighted by Crippen LogP contribution is 2.26. The monoisotopic (exact) mass is 185 g/mol. The molecule has 2 rings (SSSR count). The quantitative estimate of drug-likeness (QED) is 0.699. The molecule has 76 valence electrons. The van der Waals surface area contributed by atoms with Gasteiger partial charge in [-0.1, -0.05) is 13.8 Å². The molecular formula is C10H19NO2. The number of fused-ring (bicyclic) bond motifs is 1. The summed E-state index contributed by atoms with van der Waals surface area (Å²) in [6.07, 6.45) is 2.82. The van der Waals surface area contributed by atoms with Crippen LogP contribution < -0.4 is 5.32 Å². The smallest absolute Gasteiger partial charge is 0.158 e. The Labute approximate surface area is 79.8 Å². The molecule has 0 amide bonds. The lowest BCUT2D eigenvalue weighted by molar-refractivity contribution is -0.0752. The third kappa shape index (κ3) is 2.22. The van der Waals surface area contributed by atoms with Gasteiger partial charge in [0.2, 0.25) is 0 Å². The summed E-state index contributed by atoms with van der Waals surface area (Å²) < 4.78 is 11.6. The zero-order valence-corrected chi connectivity index (χ0v) is 8.45. The summed E-state index contributed by atoms with van der Waals surface area (Å²) in [5, 5.41) is 3.33. The van der Waals surface area contributed by atoms with E-state index < -0.39 is 0 Å². The largest absolute Gasteiger partial charge is 0.347 e. The number of ether oxygens (including phenoxy) is 2. The van der Waals surface area contributed by atoms with Crippen molar-refractivity contribution in [2.75, 3.05) is 13.1 Å². The van der Waals surface area contributed by atoms with Crippen LogP contribution in [0.1, 0.15) is 26.7 Å². The lowest BCUT2D eigenvalue weighted by Gasteiger charge is -2.22. The minimum absolute atomic E-state index is 0.0508. The summed E-state index contributed by atoms with van der Waals surface area (Å²) in [6.45, 7) is 6.43. The Morgan fingerprint density at radius 2 is 2.08 bits per heavy atom. The van der Waals surface area contributed by atoms with Crippen LogP contribution in [0.3, 0.4) is 0 Å². The van der Waals surface area contributed by atoms with E-state index in [0.717, 1.165) is 25.9 Å². The van der Waals surface area contributed by atoms with Crippen LogP contribution in [0.5, 0.6) is 0 Å². The predicted molar refractivity (Wildman–Crippen MR) is 50.5 cm³/mol. The maximum Gasteiger partial charge on any atom is 0.158 e. The number of piperidine rings is 1. The first-order valence-corrected chi connectivity index (χ1v) is 5.27. The molecule has 13 heavy (non-hydrogen) atoms. The highest BCUT2D eigenvalue weighted by Gasteiger charge is 2.37. The van der Waals surface area contributed by atoms with Gasteiger partial charge in [-0.25, -0.2) is 0 Å². The Bertz CT molecular complexity index is 158. The average Bonchev–Trinajstić information content (AvgIpc) is 2.44. The van der Waals surface area contributed by atoms with Gasteiger partial charge in [0.25, 0.3) is 0 Å². The Morgan fingerprint density at radius 3 is 2.77 bits per heavy atom. The normalized spacial score (nSPS) is 39.5. The standard InChI is InChI=1S/C10H19NO2/c1-7(2)5-10-12-8-3-4-11-6-9(8)13-10/h7-11H,3-6H2,1-2H3. The van der Waals surface area contributed by atoms with Gasteiger partial charge in [-0.2, -0.15) is 0 Å². The van der Waals surface area contributed by atoms with E-state index >= 15 is 0 Å². The molecular weight excluding hydrogens is 166 g/mol. The fraction of sp³-hybridized carbons (Fsp3) is 1.00. The first-order valence-electron chi connectivity index (χ1n) is 5.27. The van der Waals surface area contributed by atoms with Crippen molar-refractivity contribution in [3.63, 3.8) is 0 Å². The van der Waals surface area contributed by atoms with E-state index in [1.807, 2.05) is 0 Å². The van der Waals surface area contributed by atoms with Crippen LogP contribution in [0, 0.1) is 5.92 Å². The Kier molecular flexibility index (Phi) is 2.86. The minimum atomic E-state index is 0.0508. The van der Waals surface area contributed by atoms with Crippen LogP contribution in [0.2, 0.25) is 0 Å². The van der Waals surface area contributed by atoms with Crippen molar-refractivity contribution in [2.24, 2.45) is 5.92 Å². The lowest BCUT2D eigenvalue weighted by atomic mass is 10.1. The molecule has 2 aliphatic rings. The van der Waals surface area contributed by atoms with Crippen LogP contribution in [0.15, 0.2) is 0 Å². The highest BCUT2D eigenvalue weighted by atomic mass is 16.7. The molecule has 2 aliphatic heterocycles. The average molecular weight is 185 g/mol.